The zero-order valence-corrected chi connectivity index (χ0v) is 22.6. The summed E-state index contributed by atoms with van der Waals surface area (Å²) >= 11 is 0. The van der Waals surface area contributed by atoms with Crippen molar-refractivity contribution in [1.29, 1.82) is 0 Å². The third-order valence-electron chi connectivity index (χ3n) is 8.28. The van der Waals surface area contributed by atoms with Crippen LogP contribution in [0.2, 0.25) is 0 Å². The first-order chi connectivity index (χ1) is 20.0. The van der Waals surface area contributed by atoms with Gasteiger partial charge in [0.15, 0.2) is 5.65 Å². The number of nitrogens with zero attached hydrogens (tertiary/aromatic N) is 5. The van der Waals surface area contributed by atoms with Gasteiger partial charge in [-0.25, -0.2) is 14.6 Å². The van der Waals surface area contributed by atoms with E-state index in [-0.39, 0.29) is 11.3 Å². The highest BCUT2D eigenvalue weighted by molar-refractivity contribution is 6.02. The molecule has 7 rings (SSSR count). The van der Waals surface area contributed by atoms with Crippen LogP contribution in [0.1, 0.15) is 24.0 Å². The predicted octanol–water partition coefficient (Wildman–Crippen LogP) is 5.46. The number of para-hydroxylation sites is 1. The van der Waals surface area contributed by atoms with Crippen molar-refractivity contribution in [2.45, 2.75) is 25.8 Å². The van der Waals surface area contributed by atoms with E-state index in [0.717, 1.165) is 35.2 Å². The molecule has 0 unspecified atom stereocenters. The van der Waals surface area contributed by atoms with Gasteiger partial charge in [-0.3, -0.25) is 4.79 Å². The largest absolute Gasteiger partial charge is 0.457 e. The van der Waals surface area contributed by atoms with Crippen LogP contribution >= 0.6 is 0 Å². The number of anilines is 2. The highest BCUT2D eigenvalue weighted by Gasteiger charge is 2.75. The second-order valence-electron chi connectivity index (χ2n) is 10.8. The van der Waals surface area contributed by atoms with Gasteiger partial charge in [0.05, 0.1) is 10.8 Å². The van der Waals surface area contributed by atoms with Gasteiger partial charge in [0.25, 0.3) is 0 Å². The smallest absolute Gasteiger partial charge is 0.233 e. The van der Waals surface area contributed by atoms with E-state index in [9.17, 15) is 4.79 Å². The normalized spacial score (nSPS) is 18.4. The van der Waals surface area contributed by atoms with Crippen LogP contribution in [0.3, 0.4) is 0 Å². The molecule has 0 radical (unpaired) electrons. The lowest BCUT2D eigenvalue weighted by molar-refractivity contribution is -0.121. The van der Waals surface area contributed by atoms with Gasteiger partial charge in [-0.1, -0.05) is 30.2 Å². The van der Waals surface area contributed by atoms with Crippen LogP contribution in [0, 0.1) is 23.7 Å². The molecule has 202 valence electrons. The van der Waals surface area contributed by atoms with Crippen molar-refractivity contribution in [3.63, 3.8) is 0 Å². The SMILES string of the molecule is C#Cc1cccc(Oc2ccc(-c3nn(CCc4ccccc4N(C)C(=O)C45CC4C5)c4ncnc(N)c34)cc2)c1. The molecule has 2 aliphatic rings. The first kappa shape index (κ1) is 24.9. The first-order valence-corrected chi connectivity index (χ1v) is 13.6. The summed E-state index contributed by atoms with van der Waals surface area (Å²) in [7, 11) is 1.89. The molecule has 2 fully saturated rings. The van der Waals surface area contributed by atoms with Gasteiger partial charge in [-0.15, -0.1) is 6.42 Å². The van der Waals surface area contributed by atoms with Crippen LogP contribution in [0.15, 0.2) is 79.1 Å². The molecule has 3 aromatic carbocycles. The maximum atomic E-state index is 13.1. The van der Waals surface area contributed by atoms with Crippen LogP contribution in [0.25, 0.3) is 22.3 Å². The number of carbonyl (C=O) groups excluding carboxylic acids is 1. The average molecular weight is 541 g/mol. The summed E-state index contributed by atoms with van der Waals surface area (Å²) in [6.07, 6.45) is 9.72. The van der Waals surface area contributed by atoms with E-state index in [0.29, 0.717) is 52.9 Å². The number of aryl methyl sites for hydroxylation is 2. The number of nitrogens with two attached hydrogens (primary N) is 1. The van der Waals surface area contributed by atoms with Gasteiger partial charge in [0.2, 0.25) is 5.91 Å². The van der Waals surface area contributed by atoms with Crippen LogP contribution in [0.5, 0.6) is 11.5 Å². The quantitative estimate of drug-likeness (QED) is 0.262. The van der Waals surface area contributed by atoms with Crippen molar-refractivity contribution in [3.8, 4) is 35.1 Å². The lowest BCUT2D eigenvalue weighted by Gasteiger charge is -2.22. The lowest BCUT2D eigenvalue weighted by Crippen LogP contribution is -2.31. The molecule has 0 saturated heterocycles. The number of nitrogen functional groups attached to an aromatic ring is 1. The molecular weight excluding hydrogens is 512 g/mol. The Hall–Kier alpha value is -5.16. The van der Waals surface area contributed by atoms with Crippen molar-refractivity contribution in [2.24, 2.45) is 11.3 Å². The molecule has 1 amide bonds. The Morgan fingerprint density at radius 2 is 1.88 bits per heavy atom. The van der Waals surface area contributed by atoms with Crippen LogP contribution in [0.4, 0.5) is 11.5 Å². The number of carbonyl (C=O) groups is 1. The zero-order chi connectivity index (χ0) is 28.1. The number of ether oxygens (including phenoxy) is 1. The first-order valence-electron chi connectivity index (χ1n) is 13.6. The van der Waals surface area contributed by atoms with E-state index in [2.05, 4.69) is 22.0 Å². The molecule has 0 spiro atoms. The number of hydrogen-bond acceptors (Lipinski definition) is 6. The topological polar surface area (TPSA) is 99.2 Å². The summed E-state index contributed by atoms with van der Waals surface area (Å²) in [4.78, 5) is 23.7. The standard InChI is InChI=1S/C33H28N6O2/c1-3-21-7-6-9-26(17-21)41-25-13-11-23(12-14-25)29-28-30(34)35-20-36-31(28)39(37-29)16-15-22-8-4-5-10-27(22)38(2)32(40)33-18-24(33)19-33/h1,4-14,17,20,24H,15-16,18-19H2,2H3,(H2,34,35,36). The van der Waals surface area contributed by atoms with E-state index in [1.807, 2.05) is 83.4 Å². The van der Waals surface area contributed by atoms with Gasteiger partial charge in [-0.2, -0.15) is 5.10 Å². The van der Waals surface area contributed by atoms with Crippen LogP contribution in [-0.4, -0.2) is 32.7 Å². The molecule has 8 heteroatoms. The Labute approximate surface area is 237 Å². The number of rotatable bonds is 8. The maximum absolute atomic E-state index is 13.1. The molecule has 0 atom stereocenters. The van der Waals surface area contributed by atoms with E-state index >= 15 is 0 Å². The summed E-state index contributed by atoms with van der Waals surface area (Å²) in [5, 5.41) is 5.63. The molecule has 2 heterocycles. The molecule has 41 heavy (non-hydrogen) atoms. The summed E-state index contributed by atoms with van der Waals surface area (Å²) in [5.74, 6) is 5.17. The van der Waals surface area contributed by atoms with Crippen molar-refractivity contribution in [2.75, 3.05) is 17.7 Å². The molecule has 2 saturated carbocycles. The third kappa shape index (κ3) is 4.36. The number of fused-ring (bicyclic) bond motifs is 2. The van der Waals surface area contributed by atoms with Crippen molar-refractivity contribution < 1.29 is 9.53 Å². The molecule has 8 nitrogen and oxygen atoms in total. The fourth-order valence-corrected chi connectivity index (χ4v) is 5.62. The molecule has 0 aliphatic heterocycles. The molecule has 0 bridgehead atoms. The molecule has 5 aromatic rings. The molecule has 2 aliphatic carbocycles. The fourth-order valence-electron chi connectivity index (χ4n) is 5.62. The Bertz CT molecular complexity index is 1850. The minimum Gasteiger partial charge on any atom is -0.457 e. The maximum Gasteiger partial charge on any atom is 0.233 e. The molecule has 2 aromatic heterocycles. The monoisotopic (exact) mass is 540 g/mol. The summed E-state index contributed by atoms with van der Waals surface area (Å²) < 4.78 is 7.86. The minimum atomic E-state index is -0.0737. The number of aromatic nitrogens is 4. The van der Waals surface area contributed by atoms with Crippen LogP contribution < -0.4 is 15.4 Å². The Kier molecular flexibility index (Phi) is 5.75. The Morgan fingerprint density at radius 3 is 2.63 bits per heavy atom. The van der Waals surface area contributed by atoms with Crippen molar-refractivity contribution >= 4 is 28.4 Å². The van der Waals surface area contributed by atoms with Gasteiger partial charge in [0, 0.05) is 30.4 Å². The average Bonchev–Trinajstić information content (AvgIpc) is 3.86. The second-order valence-corrected chi connectivity index (χ2v) is 10.8. The van der Waals surface area contributed by atoms with E-state index in [1.165, 1.54) is 6.33 Å². The van der Waals surface area contributed by atoms with E-state index in [4.69, 9.17) is 22.0 Å². The van der Waals surface area contributed by atoms with Gasteiger partial charge in [-0.05, 0) is 79.3 Å². The summed E-state index contributed by atoms with van der Waals surface area (Å²) in [6, 6.07) is 23.1. The second kappa shape index (κ2) is 9.49. The van der Waals surface area contributed by atoms with Gasteiger partial charge < -0.3 is 15.4 Å². The van der Waals surface area contributed by atoms with Gasteiger partial charge in [0.1, 0.15) is 29.3 Å². The van der Waals surface area contributed by atoms with Gasteiger partial charge >= 0.3 is 0 Å². The number of amides is 1. The Balaban J connectivity index is 1.15. The predicted molar refractivity (Wildman–Crippen MR) is 158 cm³/mol. The number of hydrogen-bond donors (Lipinski definition) is 1. The van der Waals surface area contributed by atoms with Crippen molar-refractivity contribution in [1.82, 2.24) is 19.7 Å². The Morgan fingerprint density at radius 1 is 1.10 bits per heavy atom. The molecule has 2 N–H and O–H groups in total. The third-order valence-corrected chi connectivity index (χ3v) is 8.28. The number of benzene rings is 3. The zero-order valence-electron chi connectivity index (χ0n) is 22.6. The molecular formula is C33H28N6O2. The van der Waals surface area contributed by atoms with E-state index < -0.39 is 0 Å². The lowest BCUT2D eigenvalue weighted by atomic mass is 10.1. The van der Waals surface area contributed by atoms with E-state index in [1.54, 1.807) is 0 Å². The van der Waals surface area contributed by atoms with Crippen LogP contribution in [-0.2, 0) is 17.8 Å². The minimum absolute atomic E-state index is 0.0737. The summed E-state index contributed by atoms with van der Waals surface area (Å²) in [6.45, 7) is 0.562. The van der Waals surface area contributed by atoms with Crippen molar-refractivity contribution in [3.05, 3.63) is 90.3 Å². The highest BCUT2D eigenvalue weighted by atomic mass is 16.5. The highest BCUT2D eigenvalue weighted by Crippen LogP contribution is 2.76. The fraction of sp³-hybridized carbons (Fsp3) is 0.212. The summed E-state index contributed by atoms with van der Waals surface area (Å²) in [5.41, 5.74) is 11.3. The number of terminal acetylenes is 1.